The maximum atomic E-state index is 12.3. The van der Waals surface area contributed by atoms with E-state index in [1.54, 1.807) is 0 Å². The number of amides is 1. The monoisotopic (exact) mass is 408 g/mol. The highest BCUT2D eigenvalue weighted by molar-refractivity contribution is 7.99. The van der Waals surface area contributed by atoms with Gasteiger partial charge in [-0.15, -0.1) is 0 Å². The molecule has 1 aliphatic heterocycles. The quantitative estimate of drug-likeness (QED) is 0.485. The Morgan fingerprint density at radius 2 is 1.79 bits per heavy atom. The van der Waals surface area contributed by atoms with Gasteiger partial charge in [0.15, 0.2) is 11.2 Å². The number of nitrogens with zero attached hydrogens (tertiary/aromatic N) is 3. The van der Waals surface area contributed by atoms with Crippen molar-refractivity contribution >= 4 is 45.9 Å². The lowest BCUT2D eigenvalue weighted by molar-refractivity contribution is -0.118. The van der Waals surface area contributed by atoms with Crippen LogP contribution in [-0.4, -0.2) is 40.8 Å². The lowest BCUT2D eigenvalue weighted by Crippen LogP contribution is -2.41. The number of aromatic nitrogens is 2. The fourth-order valence-corrected chi connectivity index (χ4v) is 4.27. The van der Waals surface area contributed by atoms with Crippen LogP contribution in [-0.2, 0) is 4.79 Å². The molecule has 0 radical (unpaired) electrons. The van der Waals surface area contributed by atoms with Crippen LogP contribution in [0.25, 0.3) is 22.2 Å². The molecule has 0 bridgehead atoms. The van der Waals surface area contributed by atoms with Gasteiger partial charge in [-0.25, -0.2) is 4.98 Å². The summed E-state index contributed by atoms with van der Waals surface area (Å²) in [5, 5.41) is 3.53. The molecule has 1 saturated heterocycles. The number of fused-ring (bicyclic) bond motifs is 2. The lowest BCUT2D eigenvalue weighted by atomic mass is 10.2. The summed E-state index contributed by atoms with van der Waals surface area (Å²) in [5.41, 5.74) is 3.17. The molecule has 5 rings (SSSR count). The Hall–Kier alpha value is -3.00. The zero-order valence-corrected chi connectivity index (χ0v) is 16.5. The van der Waals surface area contributed by atoms with Crippen molar-refractivity contribution in [2.24, 2.45) is 0 Å². The number of hydrogen-bond acceptors (Lipinski definition) is 7. The fraction of sp³-hybridized carbons (Fsp3) is 0.286. The van der Waals surface area contributed by atoms with Crippen molar-refractivity contribution in [2.45, 2.75) is 24.1 Å². The first-order valence-corrected chi connectivity index (χ1v) is 10.6. The third-order valence-corrected chi connectivity index (χ3v) is 5.87. The average molecular weight is 408 g/mol. The molecule has 8 heteroatoms. The highest BCUT2D eigenvalue weighted by Crippen LogP contribution is 2.28. The molecule has 1 unspecified atom stereocenters. The Bertz CT molecular complexity index is 1090. The molecule has 2 aromatic carbocycles. The highest BCUT2D eigenvalue weighted by atomic mass is 32.2. The van der Waals surface area contributed by atoms with E-state index in [1.807, 2.05) is 48.5 Å². The number of para-hydroxylation sites is 4. The first kappa shape index (κ1) is 18.1. The standard InChI is InChI=1S/C21H20N4O3S/c26-19(13-29-21-24-16-8-2-4-10-18(16)28-21)22-12-14-6-5-11-25(14)20-23-15-7-1-3-9-17(15)27-20/h1-4,7-10,14H,5-6,11-13H2,(H,22,26). The van der Waals surface area contributed by atoms with Crippen molar-refractivity contribution in [2.75, 3.05) is 23.7 Å². The summed E-state index contributed by atoms with van der Waals surface area (Å²) < 4.78 is 11.5. The van der Waals surface area contributed by atoms with Crippen LogP contribution in [0.15, 0.2) is 62.6 Å². The van der Waals surface area contributed by atoms with Gasteiger partial charge in [-0.3, -0.25) is 4.79 Å². The molecular weight excluding hydrogens is 388 g/mol. The van der Waals surface area contributed by atoms with Crippen molar-refractivity contribution in [1.29, 1.82) is 0 Å². The van der Waals surface area contributed by atoms with Gasteiger partial charge in [-0.1, -0.05) is 36.0 Å². The van der Waals surface area contributed by atoms with Gasteiger partial charge in [0.1, 0.15) is 11.0 Å². The molecule has 1 amide bonds. The summed E-state index contributed by atoms with van der Waals surface area (Å²) in [6.45, 7) is 1.44. The molecule has 0 aliphatic carbocycles. The van der Waals surface area contributed by atoms with Crippen molar-refractivity contribution < 1.29 is 13.6 Å². The molecule has 0 spiro atoms. The molecule has 29 heavy (non-hydrogen) atoms. The molecular formula is C21H20N4O3S. The predicted molar refractivity (Wildman–Crippen MR) is 112 cm³/mol. The number of thioether (sulfide) groups is 1. The lowest BCUT2D eigenvalue weighted by Gasteiger charge is -2.22. The Morgan fingerprint density at radius 1 is 1.07 bits per heavy atom. The van der Waals surface area contributed by atoms with Crippen molar-refractivity contribution in [1.82, 2.24) is 15.3 Å². The first-order chi connectivity index (χ1) is 14.3. The Kier molecular flexibility index (Phi) is 4.85. The topological polar surface area (TPSA) is 84.4 Å². The Morgan fingerprint density at radius 3 is 2.55 bits per heavy atom. The van der Waals surface area contributed by atoms with Crippen LogP contribution in [0, 0.1) is 0 Å². The fourth-order valence-electron chi connectivity index (χ4n) is 3.61. The molecule has 148 valence electrons. The third-order valence-electron chi connectivity index (χ3n) is 5.04. The van der Waals surface area contributed by atoms with Gasteiger partial charge in [0.2, 0.25) is 5.91 Å². The molecule has 7 nitrogen and oxygen atoms in total. The molecule has 4 aromatic rings. The van der Waals surface area contributed by atoms with E-state index in [9.17, 15) is 4.79 Å². The molecule has 3 heterocycles. The number of benzene rings is 2. The van der Waals surface area contributed by atoms with Crippen molar-refractivity contribution in [3.8, 4) is 0 Å². The van der Waals surface area contributed by atoms with Crippen LogP contribution >= 0.6 is 11.8 Å². The van der Waals surface area contributed by atoms with Gasteiger partial charge >= 0.3 is 0 Å². The van der Waals surface area contributed by atoms with Crippen LogP contribution in [0.2, 0.25) is 0 Å². The SMILES string of the molecule is O=C(CSc1nc2ccccc2o1)NCC1CCCN1c1nc2ccccc2o1. The van der Waals surface area contributed by atoms with Crippen LogP contribution in [0.1, 0.15) is 12.8 Å². The van der Waals surface area contributed by atoms with Crippen LogP contribution in [0.3, 0.4) is 0 Å². The summed E-state index contributed by atoms with van der Waals surface area (Å²) in [5.74, 6) is 0.226. The van der Waals surface area contributed by atoms with Gasteiger partial charge in [0, 0.05) is 13.1 Å². The van der Waals surface area contributed by atoms with Gasteiger partial charge < -0.3 is 19.1 Å². The molecule has 1 N–H and O–H groups in total. The second kappa shape index (κ2) is 7.79. The van der Waals surface area contributed by atoms with E-state index in [1.165, 1.54) is 11.8 Å². The highest BCUT2D eigenvalue weighted by Gasteiger charge is 2.28. The third kappa shape index (κ3) is 3.80. The molecule has 1 atom stereocenters. The minimum Gasteiger partial charge on any atom is -0.431 e. The molecule has 1 fully saturated rings. The summed E-state index contributed by atoms with van der Waals surface area (Å²) in [6.07, 6.45) is 2.05. The minimum absolute atomic E-state index is 0.0401. The molecule has 0 saturated carbocycles. The van der Waals surface area contributed by atoms with Gasteiger partial charge in [-0.2, -0.15) is 4.98 Å². The Labute approximate surface area is 171 Å². The second-order valence-corrected chi connectivity index (χ2v) is 7.92. The van der Waals surface area contributed by atoms with E-state index in [4.69, 9.17) is 8.83 Å². The van der Waals surface area contributed by atoms with Gasteiger partial charge in [0.25, 0.3) is 11.2 Å². The Balaban J connectivity index is 1.17. The van der Waals surface area contributed by atoms with Gasteiger partial charge in [0.05, 0.1) is 11.8 Å². The van der Waals surface area contributed by atoms with Gasteiger partial charge in [-0.05, 0) is 37.1 Å². The summed E-state index contributed by atoms with van der Waals surface area (Å²) in [7, 11) is 0. The summed E-state index contributed by atoms with van der Waals surface area (Å²) >= 11 is 1.30. The normalized spacial score (nSPS) is 16.7. The van der Waals surface area contributed by atoms with Crippen molar-refractivity contribution in [3.63, 3.8) is 0 Å². The van der Waals surface area contributed by atoms with Crippen LogP contribution in [0.5, 0.6) is 0 Å². The maximum Gasteiger partial charge on any atom is 0.298 e. The smallest absolute Gasteiger partial charge is 0.298 e. The van der Waals surface area contributed by atoms with E-state index in [0.717, 1.165) is 41.6 Å². The van der Waals surface area contributed by atoms with E-state index in [0.29, 0.717) is 17.8 Å². The zero-order valence-electron chi connectivity index (χ0n) is 15.7. The number of hydrogen-bond donors (Lipinski definition) is 1. The molecule has 1 aliphatic rings. The number of oxazole rings is 2. The number of rotatable bonds is 6. The maximum absolute atomic E-state index is 12.3. The van der Waals surface area contributed by atoms with E-state index < -0.39 is 0 Å². The van der Waals surface area contributed by atoms with Crippen molar-refractivity contribution in [3.05, 3.63) is 48.5 Å². The van der Waals surface area contributed by atoms with Crippen LogP contribution in [0.4, 0.5) is 6.01 Å². The average Bonchev–Trinajstić information content (AvgIpc) is 3.47. The largest absolute Gasteiger partial charge is 0.431 e. The number of nitrogens with one attached hydrogen (secondary N) is 1. The van der Waals surface area contributed by atoms with Crippen LogP contribution < -0.4 is 10.2 Å². The number of carbonyl (C=O) groups excluding carboxylic acids is 1. The zero-order chi connectivity index (χ0) is 19.6. The number of carbonyl (C=O) groups is 1. The van der Waals surface area contributed by atoms with E-state index >= 15 is 0 Å². The van der Waals surface area contributed by atoms with E-state index in [-0.39, 0.29) is 17.7 Å². The first-order valence-electron chi connectivity index (χ1n) is 9.63. The summed E-state index contributed by atoms with van der Waals surface area (Å²) in [6, 6.07) is 16.1. The predicted octanol–water partition coefficient (Wildman–Crippen LogP) is 3.85. The molecule has 2 aromatic heterocycles. The minimum atomic E-state index is -0.0401. The number of anilines is 1. The summed E-state index contributed by atoms with van der Waals surface area (Å²) in [4.78, 5) is 23.4. The van der Waals surface area contributed by atoms with E-state index in [2.05, 4.69) is 20.2 Å². The second-order valence-electron chi connectivity index (χ2n) is 6.99.